The smallest absolute Gasteiger partial charge is 0.152 e. The lowest BCUT2D eigenvalue weighted by Crippen LogP contribution is -1.83. The van der Waals surface area contributed by atoms with E-state index in [2.05, 4.69) is 11.7 Å². The molecule has 0 radical (unpaired) electrons. The molecular weight excluding hydrogens is 162 g/mol. The number of benzene rings is 1. The van der Waals surface area contributed by atoms with Gasteiger partial charge < -0.3 is 0 Å². The van der Waals surface area contributed by atoms with Gasteiger partial charge in [0.1, 0.15) is 0 Å². The van der Waals surface area contributed by atoms with Crippen LogP contribution in [0.4, 0.5) is 5.69 Å². The van der Waals surface area contributed by atoms with Crippen LogP contribution in [0.25, 0.3) is 6.08 Å². The second-order valence-electron chi connectivity index (χ2n) is 2.56. The molecule has 0 unspecified atom stereocenters. The van der Waals surface area contributed by atoms with Crippen LogP contribution >= 0.6 is 0 Å². The Labute approximate surface area is 77.6 Å². The molecule has 0 atom stereocenters. The Hall–Kier alpha value is -1.70. The monoisotopic (exact) mass is 173 g/mol. The largest absolute Gasteiger partial charge is 0.298 e. The van der Waals surface area contributed by atoms with Crippen molar-refractivity contribution in [3.63, 3.8) is 0 Å². The highest BCUT2D eigenvalue weighted by Gasteiger charge is 2.02. The van der Waals surface area contributed by atoms with Gasteiger partial charge in [-0.25, -0.2) is 0 Å². The van der Waals surface area contributed by atoms with E-state index in [1.54, 1.807) is 6.07 Å². The van der Waals surface area contributed by atoms with Gasteiger partial charge in [0, 0.05) is 11.1 Å². The summed E-state index contributed by atoms with van der Waals surface area (Å²) in [6.45, 7) is 5.36. The molecule has 1 aromatic carbocycles. The first-order valence-corrected chi connectivity index (χ1v) is 4.01. The van der Waals surface area contributed by atoms with Crippen molar-refractivity contribution >= 4 is 24.8 Å². The minimum Gasteiger partial charge on any atom is -0.298 e. The lowest BCUT2D eigenvalue weighted by Gasteiger charge is -2.01. The average Bonchev–Trinajstić information content (AvgIpc) is 2.18. The number of hydrogen-bond donors (Lipinski definition) is 0. The van der Waals surface area contributed by atoms with Crippen LogP contribution in [0.5, 0.6) is 0 Å². The van der Waals surface area contributed by atoms with Gasteiger partial charge in [-0.1, -0.05) is 24.3 Å². The van der Waals surface area contributed by atoms with E-state index in [-0.39, 0.29) is 0 Å². The second-order valence-corrected chi connectivity index (χ2v) is 2.56. The molecule has 0 saturated heterocycles. The Kier molecular flexibility index (Phi) is 3.15. The molecule has 1 rings (SSSR count). The molecule has 13 heavy (non-hydrogen) atoms. The van der Waals surface area contributed by atoms with Crippen molar-refractivity contribution in [1.29, 1.82) is 0 Å². The Bertz CT molecular complexity index is 353. The van der Waals surface area contributed by atoms with Gasteiger partial charge in [-0.3, -0.25) is 9.79 Å². The van der Waals surface area contributed by atoms with Crippen molar-refractivity contribution in [2.45, 2.75) is 6.92 Å². The molecule has 0 heterocycles. The number of nitrogens with zero attached hydrogens (tertiary/aromatic N) is 1. The predicted octanol–water partition coefficient (Wildman–Crippen LogP) is 2.86. The third kappa shape index (κ3) is 1.90. The number of carbonyl (C=O) groups excluding carboxylic acids is 1. The standard InChI is InChI=1S/C11H11NO/c1-3-5-9-6-4-7-10(8-13)11(9)12-2/h3-8H,2H2,1H3/b5-3-. The van der Waals surface area contributed by atoms with Gasteiger partial charge in [0.2, 0.25) is 0 Å². The number of aliphatic imine (C=N–C) groups is 1. The summed E-state index contributed by atoms with van der Waals surface area (Å²) in [6.07, 6.45) is 4.59. The molecule has 0 amide bonds. The van der Waals surface area contributed by atoms with Gasteiger partial charge in [0.05, 0.1) is 5.69 Å². The first-order valence-electron chi connectivity index (χ1n) is 4.01. The van der Waals surface area contributed by atoms with Gasteiger partial charge in [-0.05, 0) is 19.7 Å². The van der Waals surface area contributed by atoms with Crippen molar-refractivity contribution in [1.82, 2.24) is 0 Å². The number of aldehydes is 1. The molecule has 0 N–H and O–H groups in total. The SMILES string of the molecule is C=Nc1c(C=O)cccc1/C=C\C. The average molecular weight is 173 g/mol. The van der Waals surface area contributed by atoms with E-state index in [0.29, 0.717) is 11.3 Å². The lowest BCUT2D eigenvalue weighted by atomic mass is 10.1. The molecule has 2 heteroatoms. The first-order chi connectivity index (χ1) is 6.33. The molecule has 0 aliphatic rings. The predicted molar refractivity (Wildman–Crippen MR) is 55.7 cm³/mol. The summed E-state index contributed by atoms with van der Waals surface area (Å²) in [5, 5.41) is 0. The van der Waals surface area contributed by atoms with Gasteiger partial charge in [-0.15, -0.1) is 0 Å². The third-order valence-electron chi connectivity index (χ3n) is 1.73. The molecule has 0 saturated carbocycles. The molecule has 0 aromatic heterocycles. The second kappa shape index (κ2) is 4.36. The van der Waals surface area contributed by atoms with Crippen molar-refractivity contribution in [2.24, 2.45) is 4.99 Å². The number of para-hydroxylation sites is 1. The summed E-state index contributed by atoms with van der Waals surface area (Å²) in [4.78, 5) is 14.5. The fourth-order valence-electron chi connectivity index (χ4n) is 1.17. The van der Waals surface area contributed by atoms with Crippen LogP contribution < -0.4 is 0 Å². The van der Waals surface area contributed by atoms with E-state index in [4.69, 9.17) is 0 Å². The Morgan fingerprint density at radius 3 is 2.62 bits per heavy atom. The van der Waals surface area contributed by atoms with E-state index < -0.39 is 0 Å². The fraction of sp³-hybridized carbons (Fsp3) is 0.0909. The molecule has 0 aliphatic carbocycles. The maximum Gasteiger partial charge on any atom is 0.152 e. The van der Waals surface area contributed by atoms with Crippen LogP contribution in [-0.2, 0) is 0 Å². The molecular formula is C11H11NO. The summed E-state index contributed by atoms with van der Waals surface area (Å²) >= 11 is 0. The van der Waals surface area contributed by atoms with Crippen molar-refractivity contribution < 1.29 is 4.79 Å². The highest BCUT2D eigenvalue weighted by molar-refractivity contribution is 5.87. The van der Waals surface area contributed by atoms with Crippen LogP contribution in [0.15, 0.2) is 29.3 Å². The summed E-state index contributed by atoms with van der Waals surface area (Å²) in [5.41, 5.74) is 2.14. The zero-order chi connectivity index (χ0) is 9.68. The summed E-state index contributed by atoms with van der Waals surface area (Å²) in [5.74, 6) is 0. The first kappa shape index (κ1) is 9.39. The molecule has 2 nitrogen and oxygen atoms in total. The number of hydrogen-bond acceptors (Lipinski definition) is 2. The van der Waals surface area contributed by atoms with Crippen LogP contribution in [0, 0.1) is 0 Å². The number of rotatable bonds is 3. The van der Waals surface area contributed by atoms with Crippen LogP contribution in [0.3, 0.4) is 0 Å². The molecule has 0 spiro atoms. The highest BCUT2D eigenvalue weighted by Crippen LogP contribution is 2.23. The minimum absolute atomic E-state index is 0.575. The van der Waals surface area contributed by atoms with Gasteiger partial charge in [-0.2, -0.15) is 0 Å². The lowest BCUT2D eigenvalue weighted by molar-refractivity contribution is 0.112. The molecule has 0 aliphatic heterocycles. The highest BCUT2D eigenvalue weighted by atomic mass is 16.1. The van der Waals surface area contributed by atoms with Gasteiger partial charge >= 0.3 is 0 Å². The maximum absolute atomic E-state index is 10.6. The van der Waals surface area contributed by atoms with Crippen LogP contribution in [-0.4, -0.2) is 13.0 Å². The van der Waals surface area contributed by atoms with Crippen molar-refractivity contribution in [3.05, 3.63) is 35.4 Å². The van der Waals surface area contributed by atoms with Crippen molar-refractivity contribution in [3.8, 4) is 0 Å². The maximum atomic E-state index is 10.6. The van der Waals surface area contributed by atoms with E-state index in [1.165, 1.54) is 0 Å². The number of allylic oxidation sites excluding steroid dienone is 1. The fourth-order valence-corrected chi connectivity index (χ4v) is 1.17. The van der Waals surface area contributed by atoms with Crippen LogP contribution in [0.1, 0.15) is 22.8 Å². The van der Waals surface area contributed by atoms with Crippen molar-refractivity contribution in [2.75, 3.05) is 0 Å². The van der Waals surface area contributed by atoms with E-state index in [1.807, 2.05) is 31.2 Å². The summed E-state index contributed by atoms with van der Waals surface area (Å²) < 4.78 is 0. The zero-order valence-corrected chi connectivity index (χ0v) is 7.53. The van der Waals surface area contributed by atoms with Gasteiger partial charge in [0.15, 0.2) is 6.29 Å². The quantitative estimate of drug-likeness (QED) is 0.510. The molecule has 0 fully saturated rings. The number of carbonyl (C=O) groups is 1. The molecule has 66 valence electrons. The minimum atomic E-state index is 0.575. The van der Waals surface area contributed by atoms with Gasteiger partial charge in [0.25, 0.3) is 0 Å². The summed E-state index contributed by atoms with van der Waals surface area (Å²) in [6, 6.07) is 5.45. The molecule has 1 aromatic rings. The Balaban J connectivity index is 3.34. The normalized spacial score (nSPS) is 10.2. The van der Waals surface area contributed by atoms with Crippen LogP contribution in [0.2, 0.25) is 0 Å². The topological polar surface area (TPSA) is 29.4 Å². The van der Waals surface area contributed by atoms with E-state index in [0.717, 1.165) is 11.8 Å². The molecule has 0 bridgehead atoms. The summed E-state index contributed by atoms with van der Waals surface area (Å²) in [7, 11) is 0. The zero-order valence-electron chi connectivity index (χ0n) is 7.53. The van der Waals surface area contributed by atoms with E-state index >= 15 is 0 Å². The Morgan fingerprint density at radius 1 is 1.38 bits per heavy atom. The Morgan fingerprint density at radius 2 is 2.08 bits per heavy atom. The third-order valence-corrected chi connectivity index (χ3v) is 1.73. The van der Waals surface area contributed by atoms with E-state index in [9.17, 15) is 4.79 Å².